The summed E-state index contributed by atoms with van der Waals surface area (Å²) in [6.45, 7) is 2.40. The smallest absolute Gasteiger partial charge is 0.0571 e. The van der Waals surface area contributed by atoms with Crippen molar-refractivity contribution in [3.63, 3.8) is 0 Å². The third kappa shape index (κ3) is 1.42. The van der Waals surface area contributed by atoms with Crippen LogP contribution in [-0.4, -0.2) is 11.9 Å². The predicted molar refractivity (Wildman–Crippen MR) is 78.8 cm³/mol. The number of allylic oxidation sites excluding steroid dienone is 5. The molecule has 4 rings (SSSR count). The molecular weight excluding hydrogens is 230 g/mol. The van der Waals surface area contributed by atoms with Gasteiger partial charge in [-0.05, 0) is 34.6 Å². The van der Waals surface area contributed by atoms with E-state index in [1.807, 2.05) is 0 Å². The summed E-state index contributed by atoms with van der Waals surface area (Å²) in [4.78, 5) is 2.41. The Morgan fingerprint density at radius 2 is 1.95 bits per heavy atom. The van der Waals surface area contributed by atoms with Crippen LogP contribution < -0.4 is 0 Å². The molecule has 1 heterocycles. The van der Waals surface area contributed by atoms with Gasteiger partial charge in [0.15, 0.2) is 0 Å². The van der Waals surface area contributed by atoms with Crippen LogP contribution in [0.3, 0.4) is 0 Å². The van der Waals surface area contributed by atoms with Crippen molar-refractivity contribution in [2.24, 2.45) is 5.92 Å². The van der Waals surface area contributed by atoms with Crippen molar-refractivity contribution in [2.45, 2.75) is 25.3 Å². The Kier molecular flexibility index (Phi) is 2.26. The molecule has 0 aromatic heterocycles. The fourth-order valence-corrected chi connectivity index (χ4v) is 4.18. The van der Waals surface area contributed by atoms with Crippen LogP contribution in [0.4, 0.5) is 0 Å². The Labute approximate surface area is 114 Å². The van der Waals surface area contributed by atoms with Gasteiger partial charge in [-0.2, -0.15) is 0 Å². The number of benzene rings is 1. The van der Waals surface area contributed by atoms with E-state index in [2.05, 4.69) is 67.6 Å². The van der Waals surface area contributed by atoms with Gasteiger partial charge in [-0.3, -0.25) is 0 Å². The average molecular weight is 249 g/mol. The fourth-order valence-electron chi connectivity index (χ4n) is 4.18. The summed E-state index contributed by atoms with van der Waals surface area (Å²) in [6.07, 6.45) is 10.4. The Morgan fingerprint density at radius 1 is 1.16 bits per heavy atom. The molecule has 0 amide bonds. The molecule has 1 aromatic carbocycles. The van der Waals surface area contributed by atoms with Crippen LogP contribution in [0.2, 0.25) is 0 Å². The molecule has 1 nitrogen and oxygen atoms in total. The molecule has 1 aromatic rings. The zero-order chi connectivity index (χ0) is 13.0. The van der Waals surface area contributed by atoms with Gasteiger partial charge in [-0.1, -0.05) is 49.4 Å². The first-order valence-electron chi connectivity index (χ1n) is 7.17. The van der Waals surface area contributed by atoms with Crippen LogP contribution in [0, 0.1) is 5.92 Å². The lowest BCUT2D eigenvalue weighted by atomic mass is 9.81. The van der Waals surface area contributed by atoms with Crippen molar-refractivity contribution < 1.29 is 0 Å². The summed E-state index contributed by atoms with van der Waals surface area (Å²) < 4.78 is 0. The molecule has 19 heavy (non-hydrogen) atoms. The van der Waals surface area contributed by atoms with Gasteiger partial charge in [0.1, 0.15) is 0 Å². The minimum Gasteiger partial charge on any atom is -0.373 e. The van der Waals surface area contributed by atoms with Gasteiger partial charge in [0, 0.05) is 19.2 Å². The molecule has 2 bridgehead atoms. The molecule has 0 fully saturated rings. The molecule has 3 aliphatic rings. The van der Waals surface area contributed by atoms with E-state index in [9.17, 15) is 0 Å². The van der Waals surface area contributed by atoms with Crippen molar-refractivity contribution in [1.29, 1.82) is 0 Å². The Bertz CT molecular complexity index is 620. The van der Waals surface area contributed by atoms with Gasteiger partial charge in [-0.15, -0.1) is 0 Å². The maximum Gasteiger partial charge on any atom is 0.0571 e. The average Bonchev–Trinajstić information content (AvgIpc) is 2.64. The summed E-state index contributed by atoms with van der Waals surface area (Å²) in [7, 11) is 2.22. The molecule has 3 unspecified atom stereocenters. The lowest BCUT2D eigenvalue weighted by molar-refractivity contribution is 0.264. The van der Waals surface area contributed by atoms with Crippen molar-refractivity contribution in [2.75, 3.05) is 7.05 Å². The number of hydrogen-bond donors (Lipinski definition) is 0. The van der Waals surface area contributed by atoms with E-state index < -0.39 is 0 Å². The fraction of sp³-hybridized carbons (Fsp3) is 0.333. The predicted octanol–water partition coefficient (Wildman–Crippen LogP) is 4.18. The van der Waals surface area contributed by atoms with Crippen LogP contribution in [0.5, 0.6) is 0 Å². The minimum atomic E-state index is 0.522. The van der Waals surface area contributed by atoms with Crippen LogP contribution in [-0.2, 0) is 0 Å². The van der Waals surface area contributed by atoms with E-state index in [-0.39, 0.29) is 0 Å². The SMILES string of the molecule is CC1C2C3=CCC=CC3=CN(C)C1c1ccccc12. The Morgan fingerprint density at radius 3 is 2.79 bits per heavy atom. The van der Waals surface area contributed by atoms with Crippen LogP contribution in [0.1, 0.15) is 36.4 Å². The van der Waals surface area contributed by atoms with Crippen molar-refractivity contribution in [3.05, 3.63) is 71.0 Å². The first-order chi connectivity index (χ1) is 9.27. The van der Waals surface area contributed by atoms with E-state index >= 15 is 0 Å². The Balaban J connectivity index is 1.97. The summed E-state index contributed by atoms with van der Waals surface area (Å²) in [5.41, 5.74) is 6.00. The van der Waals surface area contributed by atoms with E-state index in [1.54, 1.807) is 5.56 Å². The molecular formula is C18H19N. The van der Waals surface area contributed by atoms with Gasteiger partial charge in [0.05, 0.1) is 6.04 Å². The summed E-state index contributed by atoms with van der Waals surface area (Å²) in [5, 5.41) is 0. The zero-order valence-electron chi connectivity index (χ0n) is 11.5. The molecule has 2 aliphatic carbocycles. The molecule has 0 saturated heterocycles. The van der Waals surface area contributed by atoms with Crippen molar-refractivity contribution in [1.82, 2.24) is 4.90 Å². The Hall–Kier alpha value is -1.76. The summed E-state index contributed by atoms with van der Waals surface area (Å²) in [5.74, 6) is 1.22. The van der Waals surface area contributed by atoms with Crippen LogP contribution >= 0.6 is 0 Å². The summed E-state index contributed by atoms with van der Waals surface area (Å²) >= 11 is 0. The van der Waals surface area contributed by atoms with Crippen molar-refractivity contribution in [3.8, 4) is 0 Å². The molecule has 3 atom stereocenters. The first kappa shape index (κ1) is 11.1. The second-order valence-electron chi connectivity index (χ2n) is 5.96. The third-order valence-corrected chi connectivity index (χ3v) is 4.89. The molecule has 0 radical (unpaired) electrons. The second kappa shape index (κ2) is 3.86. The van der Waals surface area contributed by atoms with Gasteiger partial charge < -0.3 is 4.90 Å². The highest BCUT2D eigenvalue weighted by atomic mass is 15.1. The molecule has 1 aliphatic heterocycles. The van der Waals surface area contributed by atoms with Gasteiger partial charge in [0.25, 0.3) is 0 Å². The number of fused-ring (bicyclic) bond motifs is 7. The third-order valence-electron chi connectivity index (χ3n) is 4.89. The molecule has 96 valence electrons. The topological polar surface area (TPSA) is 3.24 Å². The standard InChI is InChI=1S/C18H19N/c1-12-17-14-8-4-3-7-13(14)11-19(2)18(12)16-10-6-5-9-15(16)17/h3,5-12,17-18H,4H2,1-2H3. The van der Waals surface area contributed by atoms with E-state index in [0.29, 0.717) is 17.9 Å². The van der Waals surface area contributed by atoms with Crippen LogP contribution in [0.25, 0.3) is 0 Å². The number of hydrogen-bond acceptors (Lipinski definition) is 1. The monoisotopic (exact) mass is 249 g/mol. The second-order valence-corrected chi connectivity index (χ2v) is 5.96. The van der Waals surface area contributed by atoms with E-state index in [4.69, 9.17) is 0 Å². The molecule has 0 N–H and O–H groups in total. The van der Waals surface area contributed by atoms with E-state index in [1.165, 1.54) is 16.7 Å². The highest BCUT2D eigenvalue weighted by Crippen LogP contribution is 2.54. The number of rotatable bonds is 0. The van der Waals surface area contributed by atoms with E-state index in [0.717, 1.165) is 6.42 Å². The largest absolute Gasteiger partial charge is 0.373 e. The van der Waals surface area contributed by atoms with Gasteiger partial charge in [0.2, 0.25) is 0 Å². The first-order valence-corrected chi connectivity index (χ1v) is 7.17. The quantitative estimate of drug-likeness (QED) is 0.667. The van der Waals surface area contributed by atoms with Crippen LogP contribution in [0.15, 0.2) is 59.8 Å². The van der Waals surface area contributed by atoms with Gasteiger partial charge >= 0.3 is 0 Å². The maximum atomic E-state index is 2.42. The zero-order valence-corrected chi connectivity index (χ0v) is 11.5. The normalized spacial score (nSPS) is 31.3. The highest BCUT2D eigenvalue weighted by molar-refractivity contribution is 5.56. The highest BCUT2D eigenvalue weighted by Gasteiger charge is 2.43. The maximum absolute atomic E-state index is 2.42. The lowest BCUT2D eigenvalue weighted by Gasteiger charge is -2.27. The van der Waals surface area contributed by atoms with Gasteiger partial charge in [-0.25, -0.2) is 0 Å². The lowest BCUT2D eigenvalue weighted by Crippen LogP contribution is -2.21. The minimum absolute atomic E-state index is 0.522. The summed E-state index contributed by atoms with van der Waals surface area (Å²) in [6, 6.07) is 9.52. The number of nitrogens with zero attached hydrogens (tertiary/aromatic N) is 1. The molecule has 0 spiro atoms. The molecule has 1 heteroatoms. The molecule has 0 saturated carbocycles. The van der Waals surface area contributed by atoms with Crippen molar-refractivity contribution >= 4 is 0 Å².